The minimum atomic E-state index is -3.81. The quantitative estimate of drug-likeness (QED) is 0.710. The molecule has 2 aromatic heterocycles. The topological polar surface area (TPSA) is 98.7 Å². The highest BCUT2D eigenvalue weighted by molar-refractivity contribution is 7.89. The molecule has 0 N–H and O–H groups in total. The van der Waals surface area contributed by atoms with Crippen molar-refractivity contribution in [1.82, 2.24) is 14.3 Å². The number of hydrogen-bond donors (Lipinski definition) is 0. The molecule has 1 saturated heterocycles. The van der Waals surface area contributed by atoms with E-state index in [-0.39, 0.29) is 22.4 Å². The summed E-state index contributed by atoms with van der Waals surface area (Å²) in [5.74, 6) is 0.358. The zero-order valence-corrected chi connectivity index (χ0v) is 16.0. The lowest BCUT2D eigenvalue weighted by Gasteiger charge is -2.31. The molecule has 1 aliphatic rings. The average Bonchev–Trinajstić information content (AvgIpc) is 3.12. The molecule has 0 saturated carbocycles. The van der Waals surface area contributed by atoms with Gasteiger partial charge in [-0.25, -0.2) is 18.2 Å². The van der Waals surface area contributed by atoms with E-state index in [4.69, 9.17) is 4.74 Å². The van der Waals surface area contributed by atoms with Gasteiger partial charge in [0.2, 0.25) is 15.9 Å². The summed E-state index contributed by atoms with van der Waals surface area (Å²) < 4.78 is 37.8. The molecule has 0 spiro atoms. The highest BCUT2D eigenvalue weighted by atomic mass is 32.2. The van der Waals surface area contributed by atoms with E-state index in [9.17, 15) is 13.2 Å². The number of piperidine rings is 1. The van der Waals surface area contributed by atoms with Gasteiger partial charge >= 0.3 is 5.97 Å². The summed E-state index contributed by atoms with van der Waals surface area (Å²) in [5, 5.41) is 1.57. The lowest BCUT2D eigenvalue weighted by atomic mass is 10.1. The van der Waals surface area contributed by atoms with Gasteiger partial charge in [0.05, 0.1) is 13.7 Å². The third-order valence-corrected chi connectivity index (χ3v) is 6.93. The molecular formula is C16H19N3O5S2. The lowest BCUT2D eigenvalue weighted by molar-refractivity contribution is 0.0602. The van der Waals surface area contributed by atoms with Crippen LogP contribution in [0.15, 0.2) is 28.6 Å². The molecule has 26 heavy (non-hydrogen) atoms. The second-order valence-electron chi connectivity index (χ2n) is 5.79. The Bertz CT molecular complexity index is 897. The van der Waals surface area contributed by atoms with Crippen LogP contribution in [0.5, 0.6) is 5.88 Å². The van der Waals surface area contributed by atoms with E-state index in [2.05, 4.69) is 14.7 Å². The Kier molecular flexibility index (Phi) is 5.54. The molecule has 3 rings (SSSR count). The van der Waals surface area contributed by atoms with E-state index in [1.54, 1.807) is 24.6 Å². The van der Waals surface area contributed by atoms with Crippen molar-refractivity contribution in [2.45, 2.75) is 30.8 Å². The first kappa shape index (κ1) is 18.7. The number of sulfonamides is 1. The molecule has 0 aromatic carbocycles. The normalized spacial score (nSPS) is 18.5. The van der Waals surface area contributed by atoms with Crippen LogP contribution >= 0.6 is 11.3 Å². The summed E-state index contributed by atoms with van der Waals surface area (Å²) in [6.45, 7) is 2.33. The molecule has 8 nitrogen and oxygen atoms in total. The van der Waals surface area contributed by atoms with Crippen LogP contribution in [0.25, 0.3) is 0 Å². The average molecular weight is 397 g/mol. The smallest absolute Gasteiger partial charge is 0.349 e. The van der Waals surface area contributed by atoms with Crippen molar-refractivity contribution in [2.75, 3.05) is 20.2 Å². The molecular weight excluding hydrogens is 378 g/mol. The highest BCUT2D eigenvalue weighted by Crippen LogP contribution is 2.28. The van der Waals surface area contributed by atoms with Crippen molar-refractivity contribution < 1.29 is 22.7 Å². The Balaban J connectivity index is 1.78. The molecule has 0 radical (unpaired) electrons. The molecule has 3 heterocycles. The Morgan fingerprint density at radius 2 is 2.19 bits per heavy atom. The van der Waals surface area contributed by atoms with Crippen LogP contribution in [0, 0.1) is 6.92 Å². The first-order valence-corrected chi connectivity index (χ1v) is 10.4. The first-order valence-electron chi connectivity index (χ1n) is 8.04. The Hall–Kier alpha value is -2.04. The number of carbonyl (C=O) groups excluding carboxylic acids is 1. The third-order valence-electron chi connectivity index (χ3n) is 4.00. The maximum absolute atomic E-state index is 13.0. The standard InChI is InChI=1S/C16H19N3O5S2/c1-11-17-7-5-14(18-11)24-12-4-3-8-19(10-12)26(21,22)13-6-9-25-15(13)16(20)23-2/h5-7,9,12H,3-4,8,10H2,1-2H3/t12-/m1/s1. The van der Waals surface area contributed by atoms with Gasteiger partial charge in [-0.2, -0.15) is 9.29 Å². The van der Waals surface area contributed by atoms with Gasteiger partial charge in [-0.05, 0) is 31.2 Å². The van der Waals surface area contributed by atoms with Crippen LogP contribution < -0.4 is 4.74 Å². The van der Waals surface area contributed by atoms with Crippen LogP contribution in [0.3, 0.4) is 0 Å². The number of aryl methyl sites for hydroxylation is 1. The Morgan fingerprint density at radius 3 is 2.92 bits per heavy atom. The van der Waals surface area contributed by atoms with Crippen molar-refractivity contribution in [1.29, 1.82) is 0 Å². The van der Waals surface area contributed by atoms with E-state index in [0.717, 1.165) is 17.8 Å². The number of nitrogens with zero attached hydrogens (tertiary/aromatic N) is 3. The number of aromatic nitrogens is 2. The van der Waals surface area contributed by atoms with E-state index in [0.29, 0.717) is 24.7 Å². The van der Waals surface area contributed by atoms with Gasteiger partial charge in [-0.3, -0.25) is 0 Å². The van der Waals surface area contributed by atoms with Crippen LogP contribution in [-0.4, -0.2) is 55.0 Å². The summed E-state index contributed by atoms with van der Waals surface area (Å²) in [6, 6.07) is 3.08. The largest absolute Gasteiger partial charge is 0.473 e. The van der Waals surface area contributed by atoms with E-state index in [1.165, 1.54) is 17.5 Å². The van der Waals surface area contributed by atoms with Gasteiger partial charge in [0.1, 0.15) is 21.7 Å². The van der Waals surface area contributed by atoms with Crippen LogP contribution in [0.2, 0.25) is 0 Å². The fraction of sp³-hybridized carbons (Fsp3) is 0.438. The molecule has 140 valence electrons. The number of carbonyl (C=O) groups is 1. The van der Waals surface area contributed by atoms with Gasteiger partial charge < -0.3 is 9.47 Å². The first-order chi connectivity index (χ1) is 12.4. The number of methoxy groups -OCH3 is 1. The highest BCUT2D eigenvalue weighted by Gasteiger charge is 2.34. The number of thiophene rings is 1. The molecule has 10 heteroatoms. The molecule has 0 bridgehead atoms. The minimum Gasteiger partial charge on any atom is -0.473 e. The zero-order valence-electron chi connectivity index (χ0n) is 14.4. The van der Waals surface area contributed by atoms with Crippen molar-refractivity contribution in [3.8, 4) is 5.88 Å². The Labute approximate surface area is 155 Å². The second kappa shape index (κ2) is 7.68. The van der Waals surface area contributed by atoms with Crippen molar-refractivity contribution in [3.63, 3.8) is 0 Å². The summed E-state index contributed by atoms with van der Waals surface area (Å²) in [7, 11) is -2.58. The number of esters is 1. The monoisotopic (exact) mass is 397 g/mol. The van der Waals surface area contributed by atoms with Crippen LogP contribution in [0.1, 0.15) is 28.3 Å². The van der Waals surface area contributed by atoms with Crippen LogP contribution in [0.4, 0.5) is 0 Å². The third kappa shape index (κ3) is 3.87. The number of ether oxygens (including phenoxy) is 2. The zero-order chi connectivity index (χ0) is 18.7. The number of hydrogen-bond acceptors (Lipinski definition) is 8. The summed E-state index contributed by atoms with van der Waals surface area (Å²) in [4.78, 5) is 20.1. The molecule has 0 amide bonds. The fourth-order valence-electron chi connectivity index (χ4n) is 2.77. The van der Waals surface area contributed by atoms with Crippen molar-refractivity contribution in [2.24, 2.45) is 0 Å². The van der Waals surface area contributed by atoms with Gasteiger partial charge in [-0.15, -0.1) is 11.3 Å². The second-order valence-corrected chi connectivity index (χ2v) is 8.62. The van der Waals surface area contributed by atoms with Crippen LogP contribution in [-0.2, 0) is 14.8 Å². The van der Waals surface area contributed by atoms with Crippen molar-refractivity contribution in [3.05, 3.63) is 34.4 Å². The molecule has 2 aromatic rings. The number of rotatable bonds is 5. The predicted molar refractivity (Wildman–Crippen MR) is 94.8 cm³/mol. The Morgan fingerprint density at radius 1 is 1.38 bits per heavy atom. The fourth-order valence-corrected chi connectivity index (χ4v) is 5.59. The summed E-state index contributed by atoms with van der Waals surface area (Å²) in [6.07, 6.45) is 2.67. The van der Waals surface area contributed by atoms with Gasteiger partial charge in [0.25, 0.3) is 0 Å². The van der Waals surface area contributed by atoms with Gasteiger partial charge in [0, 0.05) is 18.8 Å². The molecule has 1 fully saturated rings. The maximum Gasteiger partial charge on any atom is 0.349 e. The summed E-state index contributed by atoms with van der Waals surface area (Å²) >= 11 is 1.05. The predicted octanol–water partition coefficient (Wildman–Crippen LogP) is 1.87. The minimum absolute atomic E-state index is 0.0205. The summed E-state index contributed by atoms with van der Waals surface area (Å²) in [5.41, 5.74) is 0. The molecule has 0 unspecified atom stereocenters. The van der Waals surface area contributed by atoms with E-state index < -0.39 is 16.0 Å². The van der Waals surface area contributed by atoms with Gasteiger partial charge in [0.15, 0.2) is 0 Å². The van der Waals surface area contributed by atoms with E-state index in [1.807, 2.05) is 0 Å². The maximum atomic E-state index is 13.0. The molecule has 1 aliphatic heterocycles. The molecule has 1 atom stereocenters. The SMILES string of the molecule is COC(=O)c1sccc1S(=O)(=O)N1CCC[C@@H](Oc2ccnc(C)n2)C1. The molecule has 0 aliphatic carbocycles. The van der Waals surface area contributed by atoms with E-state index >= 15 is 0 Å². The van der Waals surface area contributed by atoms with Crippen molar-refractivity contribution >= 4 is 27.3 Å². The lowest BCUT2D eigenvalue weighted by Crippen LogP contribution is -2.44. The van der Waals surface area contributed by atoms with Gasteiger partial charge in [-0.1, -0.05) is 0 Å².